The van der Waals surface area contributed by atoms with Gasteiger partial charge in [0.2, 0.25) is 0 Å². The van der Waals surface area contributed by atoms with E-state index in [9.17, 15) is 5.11 Å². The van der Waals surface area contributed by atoms with Crippen LogP contribution >= 0.6 is 15.9 Å². The molecule has 0 aliphatic rings. The van der Waals surface area contributed by atoms with Crippen molar-refractivity contribution in [1.82, 2.24) is 14.8 Å². The van der Waals surface area contributed by atoms with Crippen LogP contribution in [0.1, 0.15) is 17.4 Å². The molecule has 0 bridgehead atoms. The van der Waals surface area contributed by atoms with Gasteiger partial charge in [-0.15, -0.1) is 0 Å². The molecule has 3 aromatic rings. The van der Waals surface area contributed by atoms with Gasteiger partial charge in [0.15, 0.2) is 5.75 Å². The summed E-state index contributed by atoms with van der Waals surface area (Å²) in [5, 5.41) is 15.9. The minimum atomic E-state index is -0.863. The van der Waals surface area contributed by atoms with E-state index in [0.29, 0.717) is 11.4 Å². The highest BCUT2D eigenvalue weighted by atomic mass is 79.9. The summed E-state index contributed by atoms with van der Waals surface area (Å²) in [5.74, 6) is 0.553. The minimum absolute atomic E-state index is 0.553. The highest BCUT2D eigenvalue weighted by molar-refractivity contribution is 9.10. The van der Waals surface area contributed by atoms with Crippen LogP contribution in [0.3, 0.4) is 0 Å². The molecule has 0 aliphatic heterocycles. The van der Waals surface area contributed by atoms with Gasteiger partial charge in [-0.05, 0) is 12.1 Å². The molecule has 1 N–H and O–H groups in total. The van der Waals surface area contributed by atoms with E-state index in [1.165, 1.54) is 0 Å². The number of hydrogen-bond acceptors (Lipinski definition) is 4. The van der Waals surface area contributed by atoms with Crippen LogP contribution < -0.4 is 4.74 Å². The number of rotatable bonds is 3. The van der Waals surface area contributed by atoms with Crippen LogP contribution in [0, 0.1) is 0 Å². The van der Waals surface area contributed by atoms with E-state index in [0.717, 1.165) is 20.9 Å². The van der Waals surface area contributed by atoms with Crippen molar-refractivity contribution in [1.29, 1.82) is 0 Å². The third-order valence-corrected chi connectivity index (χ3v) is 4.16. The van der Waals surface area contributed by atoms with Crippen molar-refractivity contribution in [2.75, 3.05) is 7.11 Å². The average Bonchev–Trinajstić information content (AvgIpc) is 2.88. The van der Waals surface area contributed by atoms with Gasteiger partial charge in [-0.1, -0.05) is 28.1 Å². The zero-order valence-electron chi connectivity index (χ0n) is 11.6. The lowest BCUT2D eigenvalue weighted by atomic mass is 10.0. The highest BCUT2D eigenvalue weighted by Gasteiger charge is 2.22. The number of aliphatic hydroxyl groups excluding tert-OH is 1. The molecule has 0 saturated carbocycles. The maximum absolute atomic E-state index is 10.8. The maximum atomic E-state index is 10.8. The van der Waals surface area contributed by atoms with Gasteiger partial charge < -0.3 is 9.84 Å². The summed E-state index contributed by atoms with van der Waals surface area (Å²) in [4.78, 5) is 4.40. The van der Waals surface area contributed by atoms with Crippen molar-refractivity contribution < 1.29 is 9.84 Å². The van der Waals surface area contributed by atoms with Crippen molar-refractivity contribution in [2.45, 2.75) is 6.10 Å². The molecule has 2 heterocycles. The summed E-state index contributed by atoms with van der Waals surface area (Å²) in [6, 6.07) is 7.60. The van der Waals surface area contributed by atoms with Crippen molar-refractivity contribution in [3.8, 4) is 5.75 Å². The minimum Gasteiger partial charge on any atom is -0.493 e. The number of pyridine rings is 1. The van der Waals surface area contributed by atoms with Gasteiger partial charge >= 0.3 is 0 Å². The lowest BCUT2D eigenvalue weighted by molar-refractivity contribution is 0.205. The summed E-state index contributed by atoms with van der Waals surface area (Å²) in [5.41, 5.74) is 2.07. The van der Waals surface area contributed by atoms with E-state index >= 15 is 0 Å². The number of aromatic nitrogens is 3. The molecular formula is C15H14BrN3O2. The van der Waals surface area contributed by atoms with Gasteiger partial charge in [0, 0.05) is 28.7 Å². The highest BCUT2D eigenvalue weighted by Crippen LogP contribution is 2.34. The van der Waals surface area contributed by atoms with Crippen molar-refractivity contribution >= 4 is 26.8 Å². The summed E-state index contributed by atoms with van der Waals surface area (Å²) >= 11 is 3.51. The molecule has 108 valence electrons. The number of hydrogen-bond donors (Lipinski definition) is 1. The molecule has 0 amide bonds. The first-order valence-corrected chi connectivity index (χ1v) is 7.20. The molecule has 21 heavy (non-hydrogen) atoms. The summed E-state index contributed by atoms with van der Waals surface area (Å²) in [6.45, 7) is 0. The van der Waals surface area contributed by atoms with Crippen molar-refractivity contribution in [3.05, 3.63) is 52.4 Å². The first-order valence-electron chi connectivity index (χ1n) is 6.40. The smallest absolute Gasteiger partial charge is 0.162 e. The SMILES string of the molecule is COc1cnn(C)c1C(O)c1ccc(Br)c2cccnc12. The lowest BCUT2D eigenvalue weighted by Gasteiger charge is -2.15. The first kappa shape index (κ1) is 14.0. The Labute approximate surface area is 130 Å². The number of ether oxygens (including phenoxy) is 1. The van der Waals surface area contributed by atoms with Crippen LogP contribution in [-0.4, -0.2) is 27.0 Å². The quantitative estimate of drug-likeness (QED) is 0.791. The number of nitrogens with zero attached hydrogens (tertiary/aromatic N) is 3. The maximum Gasteiger partial charge on any atom is 0.162 e. The molecular weight excluding hydrogens is 334 g/mol. The largest absolute Gasteiger partial charge is 0.493 e. The molecule has 2 aromatic heterocycles. The Morgan fingerprint density at radius 1 is 1.33 bits per heavy atom. The average molecular weight is 348 g/mol. The summed E-state index contributed by atoms with van der Waals surface area (Å²) in [6.07, 6.45) is 2.44. The number of aliphatic hydroxyl groups is 1. The molecule has 0 spiro atoms. The standard InChI is InChI=1S/C15H14BrN3O2/c1-19-14(12(21-2)8-18-19)15(20)10-5-6-11(16)9-4-3-7-17-13(9)10/h3-8,15,20H,1-2H3. The van der Waals surface area contributed by atoms with Gasteiger partial charge in [0.1, 0.15) is 11.8 Å². The van der Waals surface area contributed by atoms with Gasteiger partial charge in [0.05, 0.1) is 18.8 Å². The zero-order chi connectivity index (χ0) is 15.0. The fourth-order valence-corrected chi connectivity index (χ4v) is 2.88. The molecule has 1 unspecified atom stereocenters. The molecule has 0 radical (unpaired) electrons. The van der Waals surface area contributed by atoms with Crippen LogP contribution in [0.5, 0.6) is 5.75 Å². The monoisotopic (exact) mass is 347 g/mol. The predicted molar refractivity (Wildman–Crippen MR) is 83.3 cm³/mol. The van der Waals surface area contributed by atoms with Gasteiger partial charge in [-0.2, -0.15) is 5.10 Å². The number of aryl methyl sites for hydroxylation is 1. The van der Waals surface area contributed by atoms with E-state index < -0.39 is 6.10 Å². The molecule has 1 atom stereocenters. The molecule has 0 aliphatic carbocycles. The topological polar surface area (TPSA) is 60.2 Å². The van der Waals surface area contributed by atoms with Crippen LogP contribution in [0.15, 0.2) is 41.1 Å². The Bertz CT molecular complexity index is 801. The number of methoxy groups -OCH3 is 1. The molecule has 0 fully saturated rings. The summed E-state index contributed by atoms with van der Waals surface area (Å²) < 4.78 is 7.83. The fraction of sp³-hybridized carbons (Fsp3) is 0.200. The Morgan fingerprint density at radius 3 is 2.90 bits per heavy atom. The molecule has 5 nitrogen and oxygen atoms in total. The second-order valence-electron chi connectivity index (χ2n) is 4.66. The second kappa shape index (κ2) is 5.46. The number of halogens is 1. The second-order valence-corrected chi connectivity index (χ2v) is 5.51. The van der Waals surface area contributed by atoms with E-state index in [-0.39, 0.29) is 0 Å². The van der Waals surface area contributed by atoms with E-state index in [1.54, 1.807) is 31.2 Å². The fourth-order valence-electron chi connectivity index (χ4n) is 2.42. The zero-order valence-corrected chi connectivity index (χ0v) is 13.2. The Balaban J connectivity index is 2.21. The third-order valence-electron chi connectivity index (χ3n) is 3.47. The Morgan fingerprint density at radius 2 is 2.14 bits per heavy atom. The first-order chi connectivity index (χ1) is 10.1. The normalized spacial score (nSPS) is 12.6. The van der Waals surface area contributed by atoms with Crippen LogP contribution in [0.25, 0.3) is 10.9 Å². The Hall–Kier alpha value is -1.92. The van der Waals surface area contributed by atoms with E-state index in [1.807, 2.05) is 24.3 Å². The summed E-state index contributed by atoms with van der Waals surface area (Å²) in [7, 11) is 3.33. The molecule has 1 aromatic carbocycles. The van der Waals surface area contributed by atoms with Gasteiger partial charge in [0.25, 0.3) is 0 Å². The Kier molecular flexibility index (Phi) is 3.65. The van der Waals surface area contributed by atoms with Crippen molar-refractivity contribution in [2.24, 2.45) is 7.05 Å². The van der Waals surface area contributed by atoms with Crippen LogP contribution in [0.2, 0.25) is 0 Å². The van der Waals surface area contributed by atoms with E-state index in [4.69, 9.17) is 4.74 Å². The van der Waals surface area contributed by atoms with Crippen LogP contribution in [0.4, 0.5) is 0 Å². The number of benzene rings is 1. The van der Waals surface area contributed by atoms with Crippen LogP contribution in [-0.2, 0) is 7.05 Å². The predicted octanol–water partition coefficient (Wildman–Crippen LogP) is 2.82. The molecule has 0 saturated heterocycles. The molecule has 6 heteroatoms. The lowest BCUT2D eigenvalue weighted by Crippen LogP contribution is -2.09. The van der Waals surface area contributed by atoms with E-state index in [2.05, 4.69) is 26.0 Å². The van der Waals surface area contributed by atoms with Gasteiger partial charge in [-0.3, -0.25) is 9.67 Å². The number of fused-ring (bicyclic) bond motifs is 1. The third kappa shape index (κ3) is 2.30. The van der Waals surface area contributed by atoms with Crippen molar-refractivity contribution in [3.63, 3.8) is 0 Å². The molecule has 3 rings (SSSR count). The van der Waals surface area contributed by atoms with Gasteiger partial charge in [-0.25, -0.2) is 0 Å².